The minimum absolute atomic E-state index is 0.113. The maximum atomic E-state index is 12.0. The topological polar surface area (TPSA) is 56.1 Å². The Morgan fingerprint density at radius 3 is 2.72 bits per heavy atom. The average Bonchev–Trinajstić information content (AvgIpc) is 2.29. The van der Waals surface area contributed by atoms with Crippen molar-refractivity contribution in [3.63, 3.8) is 0 Å². The third-order valence-corrected chi connectivity index (χ3v) is 3.11. The molecule has 0 saturated heterocycles. The van der Waals surface area contributed by atoms with Crippen LogP contribution in [0.4, 0.5) is 5.69 Å². The fraction of sp³-hybridized carbons (Fsp3) is 0.667. The lowest BCUT2D eigenvalue weighted by atomic mass is 10.2. The van der Waals surface area contributed by atoms with Crippen molar-refractivity contribution in [1.82, 2.24) is 9.78 Å². The molecule has 0 saturated carbocycles. The molecule has 0 aromatic carbocycles. The summed E-state index contributed by atoms with van der Waals surface area (Å²) in [4.78, 5) is 12.0. The molecule has 1 N–H and O–H groups in total. The largest absolute Gasteiger partial charge is 0.383 e. The number of halogens is 1. The molecule has 0 bridgehead atoms. The minimum Gasteiger partial charge on any atom is -0.383 e. The van der Waals surface area contributed by atoms with Gasteiger partial charge in [-0.05, 0) is 28.8 Å². The van der Waals surface area contributed by atoms with Gasteiger partial charge >= 0.3 is 0 Å². The zero-order chi connectivity index (χ0) is 13.7. The SMILES string of the molecule is COCC(C)Nc1cnn(CC(C)C)c(=O)c1Br. The maximum Gasteiger partial charge on any atom is 0.283 e. The summed E-state index contributed by atoms with van der Waals surface area (Å²) in [7, 11) is 1.64. The Labute approximate surface area is 116 Å². The van der Waals surface area contributed by atoms with Crippen LogP contribution in [0.5, 0.6) is 0 Å². The van der Waals surface area contributed by atoms with Gasteiger partial charge in [-0.15, -0.1) is 0 Å². The van der Waals surface area contributed by atoms with Crippen molar-refractivity contribution in [3.05, 3.63) is 21.0 Å². The maximum absolute atomic E-state index is 12.0. The zero-order valence-electron chi connectivity index (χ0n) is 11.2. The van der Waals surface area contributed by atoms with E-state index in [1.807, 2.05) is 6.92 Å². The van der Waals surface area contributed by atoms with Crippen LogP contribution in [-0.2, 0) is 11.3 Å². The summed E-state index contributed by atoms with van der Waals surface area (Å²) in [5, 5.41) is 7.35. The lowest BCUT2D eigenvalue weighted by molar-refractivity contribution is 0.190. The molecule has 1 heterocycles. The molecule has 6 heteroatoms. The minimum atomic E-state index is -0.113. The van der Waals surface area contributed by atoms with Gasteiger partial charge in [-0.25, -0.2) is 4.68 Å². The van der Waals surface area contributed by atoms with Gasteiger partial charge in [0.15, 0.2) is 0 Å². The predicted octanol–water partition coefficient (Wildman–Crippen LogP) is 2.11. The first-order valence-electron chi connectivity index (χ1n) is 5.96. The predicted molar refractivity (Wildman–Crippen MR) is 76.0 cm³/mol. The molecule has 1 atom stereocenters. The second-order valence-corrected chi connectivity index (χ2v) is 5.55. The fourth-order valence-electron chi connectivity index (χ4n) is 1.60. The number of hydrogen-bond donors (Lipinski definition) is 1. The molecular weight excluding hydrogens is 298 g/mol. The Bertz CT molecular complexity index is 445. The first kappa shape index (κ1) is 15.2. The number of nitrogens with zero attached hydrogens (tertiary/aromatic N) is 2. The summed E-state index contributed by atoms with van der Waals surface area (Å²) < 4.78 is 7.03. The second-order valence-electron chi connectivity index (χ2n) is 4.75. The van der Waals surface area contributed by atoms with Crippen LogP contribution in [0.2, 0.25) is 0 Å². The summed E-state index contributed by atoms with van der Waals surface area (Å²) >= 11 is 3.32. The molecule has 0 aliphatic heterocycles. The van der Waals surface area contributed by atoms with Crippen LogP contribution in [0.3, 0.4) is 0 Å². The number of nitrogens with one attached hydrogen (secondary N) is 1. The van der Waals surface area contributed by atoms with Crippen molar-refractivity contribution in [3.8, 4) is 0 Å². The summed E-state index contributed by atoms with van der Waals surface area (Å²) in [6.45, 7) is 7.27. The van der Waals surface area contributed by atoms with E-state index in [4.69, 9.17) is 4.74 Å². The first-order chi connectivity index (χ1) is 8.45. The van der Waals surface area contributed by atoms with Crippen molar-refractivity contribution in [1.29, 1.82) is 0 Å². The van der Waals surface area contributed by atoms with Gasteiger partial charge in [0.25, 0.3) is 5.56 Å². The molecule has 0 radical (unpaired) electrons. The highest BCUT2D eigenvalue weighted by molar-refractivity contribution is 9.10. The number of hydrogen-bond acceptors (Lipinski definition) is 4. The smallest absolute Gasteiger partial charge is 0.283 e. The van der Waals surface area contributed by atoms with E-state index in [9.17, 15) is 4.79 Å². The zero-order valence-corrected chi connectivity index (χ0v) is 12.8. The lowest BCUT2D eigenvalue weighted by Gasteiger charge is -2.16. The Morgan fingerprint density at radius 1 is 1.50 bits per heavy atom. The van der Waals surface area contributed by atoms with Crippen LogP contribution < -0.4 is 10.9 Å². The van der Waals surface area contributed by atoms with E-state index >= 15 is 0 Å². The van der Waals surface area contributed by atoms with Gasteiger partial charge in [-0.3, -0.25) is 4.79 Å². The van der Waals surface area contributed by atoms with E-state index < -0.39 is 0 Å². The molecule has 1 aromatic rings. The van der Waals surface area contributed by atoms with Gasteiger partial charge in [0.05, 0.1) is 18.5 Å². The number of aromatic nitrogens is 2. The normalized spacial score (nSPS) is 12.8. The number of anilines is 1. The highest BCUT2D eigenvalue weighted by atomic mass is 79.9. The van der Waals surface area contributed by atoms with E-state index in [2.05, 4.69) is 40.2 Å². The molecule has 0 aliphatic carbocycles. The van der Waals surface area contributed by atoms with Crippen LogP contribution in [0.1, 0.15) is 20.8 Å². The molecule has 0 spiro atoms. The average molecular weight is 318 g/mol. The molecule has 5 nitrogen and oxygen atoms in total. The molecule has 1 unspecified atom stereocenters. The summed E-state index contributed by atoms with van der Waals surface area (Å²) in [6, 6.07) is 0.119. The molecule has 0 fully saturated rings. The highest BCUT2D eigenvalue weighted by Gasteiger charge is 2.11. The molecule has 18 heavy (non-hydrogen) atoms. The molecule has 1 aromatic heterocycles. The summed E-state index contributed by atoms with van der Waals surface area (Å²) in [6.07, 6.45) is 1.67. The molecule has 0 aliphatic rings. The molecule has 1 rings (SSSR count). The number of methoxy groups -OCH3 is 1. The van der Waals surface area contributed by atoms with Crippen molar-refractivity contribution >= 4 is 21.6 Å². The van der Waals surface area contributed by atoms with Gasteiger partial charge in [-0.1, -0.05) is 13.8 Å². The third kappa shape index (κ3) is 4.10. The Hall–Kier alpha value is -0.880. The Kier molecular flexibility index (Phi) is 5.81. The molecular formula is C12H20BrN3O2. The molecule has 0 amide bonds. The third-order valence-electron chi connectivity index (χ3n) is 2.34. The van der Waals surface area contributed by atoms with E-state index in [1.54, 1.807) is 13.3 Å². The van der Waals surface area contributed by atoms with Crippen LogP contribution >= 0.6 is 15.9 Å². The standard InChI is InChI=1S/C12H20BrN3O2/c1-8(2)6-16-12(17)11(13)10(5-14-16)15-9(3)7-18-4/h5,8-9,15H,6-7H2,1-4H3. The van der Waals surface area contributed by atoms with Crippen LogP contribution in [-0.4, -0.2) is 29.5 Å². The monoisotopic (exact) mass is 317 g/mol. The van der Waals surface area contributed by atoms with E-state index in [0.717, 1.165) is 0 Å². The Balaban J connectivity index is 2.90. The van der Waals surface area contributed by atoms with E-state index in [0.29, 0.717) is 29.2 Å². The lowest BCUT2D eigenvalue weighted by Crippen LogP contribution is -2.28. The van der Waals surface area contributed by atoms with E-state index in [-0.39, 0.29) is 11.6 Å². The summed E-state index contributed by atoms with van der Waals surface area (Å²) in [5.74, 6) is 0.383. The van der Waals surface area contributed by atoms with Gasteiger partial charge in [0, 0.05) is 19.7 Å². The summed E-state index contributed by atoms with van der Waals surface area (Å²) in [5.41, 5.74) is 0.586. The van der Waals surface area contributed by atoms with E-state index in [1.165, 1.54) is 4.68 Å². The van der Waals surface area contributed by atoms with Crippen molar-refractivity contribution in [2.75, 3.05) is 19.0 Å². The Morgan fingerprint density at radius 2 is 2.17 bits per heavy atom. The van der Waals surface area contributed by atoms with Crippen molar-refractivity contribution in [2.45, 2.75) is 33.4 Å². The molecule has 102 valence electrons. The van der Waals surface area contributed by atoms with Gasteiger partial charge in [-0.2, -0.15) is 5.10 Å². The van der Waals surface area contributed by atoms with Crippen LogP contribution in [0.25, 0.3) is 0 Å². The first-order valence-corrected chi connectivity index (χ1v) is 6.76. The number of ether oxygens (including phenoxy) is 1. The highest BCUT2D eigenvalue weighted by Crippen LogP contribution is 2.17. The van der Waals surface area contributed by atoms with Gasteiger partial charge < -0.3 is 10.1 Å². The number of rotatable bonds is 6. The van der Waals surface area contributed by atoms with Crippen LogP contribution in [0.15, 0.2) is 15.5 Å². The van der Waals surface area contributed by atoms with Gasteiger partial charge in [0.1, 0.15) is 4.47 Å². The van der Waals surface area contributed by atoms with Crippen LogP contribution in [0, 0.1) is 5.92 Å². The second kappa shape index (κ2) is 6.89. The van der Waals surface area contributed by atoms with Crippen molar-refractivity contribution in [2.24, 2.45) is 5.92 Å². The van der Waals surface area contributed by atoms with Crippen molar-refractivity contribution < 1.29 is 4.74 Å². The fourth-order valence-corrected chi connectivity index (χ4v) is 2.02. The van der Waals surface area contributed by atoms with Gasteiger partial charge in [0.2, 0.25) is 0 Å². The quantitative estimate of drug-likeness (QED) is 0.873.